The molecular weight excluding hydrogens is 470 g/mol. The predicted octanol–water partition coefficient (Wildman–Crippen LogP) is 2.40. The Bertz CT molecular complexity index is 975. The van der Waals surface area contributed by atoms with Crippen LogP contribution in [0.25, 0.3) is 0 Å². The average molecular weight is 510 g/mol. The van der Waals surface area contributed by atoms with Crippen molar-refractivity contribution in [1.82, 2.24) is 15.5 Å². The number of ether oxygens (including phenoxy) is 2. The van der Waals surface area contributed by atoms with E-state index in [0.29, 0.717) is 19.4 Å². The van der Waals surface area contributed by atoms with Crippen molar-refractivity contribution in [2.75, 3.05) is 39.5 Å². The van der Waals surface area contributed by atoms with Gasteiger partial charge in [0.05, 0.1) is 19.3 Å². The molecule has 2 aromatic rings. The van der Waals surface area contributed by atoms with E-state index in [2.05, 4.69) is 15.5 Å². The van der Waals surface area contributed by atoms with Crippen LogP contribution in [0.2, 0.25) is 0 Å². The minimum atomic E-state index is -0.715. The zero-order valence-electron chi connectivity index (χ0n) is 21.9. The van der Waals surface area contributed by atoms with E-state index < -0.39 is 12.1 Å². The molecule has 1 heterocycles. The lowest BCUT2D eigenvalue weighted by Crippen LogP contribution is -2.52. The second kappa shape index (κ2) is 15.1. The maximum Gasteiger partial charge on any atom is 0.243 e. The Labute approximate surface area is 219 Å². The molecule has 0 aromatic heterocycles. The molecule has 3 rings (SSSR count). The van der Waals surface area contributed by atoms with E-state index in [0.717, 1.165) is 56.0 Å². The average Bonchev–Trinajstić information content (AvgIpc) is 2.91. The summed E-state index contributed by atoms with van der Waals surface area (Å²) in [4.78, 5) is 39.4. The van der Waals surface area contributed by atoms with Gasteiger partial charge < -0.3 is 24.9 Å². The van der Waals surface area contributed by atoms with E-state index in [-0.39, 0.29) is 24.2 Å². The van der Waals surface area contributed by atoms with Crippen LogP contribution in [0.3, 0.4) is 0 Å². The molecular formula is C29H39N3O5. The number of morpholine rings is 1. The number of carbonyl (C=O) groups is 3. The van der Waals surface area contributed by atoms with Gasteiger partial charge in [0.15, 0.2) is 0 Å². The van der Waals surface area contributed by atoms with Crippen LogP contribution < -0.4 is 15.4 Å². The summed E-state index contributed by atoms with van der Waals surface area (Å²) >= 11 is 0. The SMILES string of the molecule is CC(C)[C@H](NC(=O)CCc1ccc(OCCN2CCOCC2)cc1)C(=O)NC(C=O)Cc1ccccc1. The van der Waals surface area contributed by atoms with E-state index in [9.17, 15) is 14.4 Å². The fraction of sp³-hybridized carbons (Fsp3) is 0.483. The van der Waals surface area contributed by atoms with Crippen molar-refractivity contribution in [1.29, 1.82) is 0 Å². The standard InChI is InChI=1S/C29H39N3O5/c1-22(2)28(29(35)30-25(21-33)20-24-6-4-3-5-7-24)31-27(34)13-10-23-8-11-26(12-9-23)37-19-16-32-14-17-36-18-15-32/h3-9,11-12,21-22,25,28H,10,13-20H2,1-2H3,(H,30,35)(H,31,34)/t25?,28-/m0/s1. The van der Waals surface area contributed by atoms with Gasteiger partial charge in [0, 0.05) is 26.1 Å². The van der Waals surface area contributed by atoms with E-state index in [1.807, 2.05) is 68.4 Å². The summed E-state index contributed by atoms with van der Waals surface area (Å²) in [6, 6.07) is 15.9. The highest BCUT2D eigenvalue weighted by molar-refractivity contribution is 5.89. The van der Waals surface area contributed by atoms with Gasteiger partial charge in [0.25, 0.3) is 0 Å². The number of nitrogens with one attached hydrogen (secondary N) is 2. The molecule has 1 unspecified atom stereocenters. The molecule has 2 N–H and O–H groups in total. The molecule has 200 valence electrons. The molecule has 0 bridgehead atoms. The summed E-state index contributed by atoms with van der Waals surface area (Å²) in [6.07, 6.45) is 1.95. The molecule has 0 spiro atoms. The van der Waals surface area contributed by atoms with Crippen molar-refractivity contribution in [2.45, 2.75) is 45.2 Å². The van der Waals surface area contributed by atoms with E-state index in [4.69, 9.17) is 9.47 Å². The summed E-state index contributed by atoms with van der Waals surface area (Å²) in [6.45, 7) is 8.66. The topological polar surface area (TPSA) is 97.0 Å². The smallest absolute Gasteiger partial charge is 0.243 e. The molecule has 1 fully saturated rings. The van der Waals surface area contributed by atoms with Gasteiger partial charge in [-0.1, -0.05) is 56.3 Å². The number of nitrogens with zero attached hydrogens (tertiary/aromatic N) is 1. The van der Waals surface area contributed by atoms with Gasteiger partial charge in [-0.05, 0) is 42.0 Å². The fourth-order valence-corrected chi connectivity index (χ4v) is 4.18. The van der Waals surface area contributed by atoms with Crippen molar-refractivity contribution in [3.05, 3.63) is 65.7 Å². The zero-order valence-corrected chi connectivity index (χ0v) is 21.9. The number of benzene rings is 2. The first-order valence-electron chi connectivity index (χ1n) is 13.1. The number of amides is 2. The Balaban J connectivity index is 1.42. The second-order valence-electron chi connectivity index (χ2n) is 9.68. The van der Waals surface area contributed by atoms with E-state index in [1.165, 1.54) is 0 Å². The number of rotatable bonds is 14. The third-order valence-corrected chi connectivity index (χ3v) is 6.40. The summed E-state index contributed by atoms with van der Waals surface area (Å²) in [5.74, 6) is 0.125. The largest absolute Gasteiger partial charge is 0.492 e. The number of hydrogen-bond acceptors (Lipinski definition) is 6. The summed E-state index contributed by atoms with van der Waals surface area (Å²) in [5, 5.41) is 5.62. The molecule has 0 radical (unpaired) electrons. The third-order valence-electron chi connectivity index (χ3n) is 6.40. The minimum Gasteiger partial charge on any atom is -0.492 e. The van der Waals surface area contributed by atoms with Crippen molar-refractivity contribution in [3.8, 4) is 5.75 Å². The molecule has 2 aromatic carbocycles. The van der Waals surface area contributed by atoms with Crippen molar-refractivity contribution < 1.29 is 23.9 Å². The highest BCUT2D eigenvalue weighted by Gasteiger charge is 2.26. The number of aryl methyl sites for hydroxylation is 1. The Morgan fingerprint density at radius 3 is 2.35 bits per heavy atom. The second-order valence-corrected chi connectivity index (χ2v) is 9.68. The van der Waals surface area contributed by atoms with Gasteiger partial charge in [0.1, 0.15) is 24.7 Å². The molecule has 2 atom stereocenters. The third kappa shape index (κ3) is 9.98. The maximum absolute atomic E-state index is 12.9. The lowest BCUT2D eigenvalue weighted by atomic mass is 10.0. The molecule has 1 aliphatic heterocycles. The lowest BCUT2D eigenvalue weighted by molar-refractivity contribution is -0.131. The molecule has 0 aliphatic carbocycles. The number of carbonyl (C=O) groups excluding carboxylic acids is 3. The first-order chi connectivity index (χ1) is 17.9. The van der Waals surface area contributed by atoms with Crippen LogP contribution in [0.15, 0.2) is 54.6 Å². The molecule has 8 nitrogen and oxygen atoms in total. The van der Waals surface area contributed by atoms with Crippen LogP contribution in [0, 0.1) is 5.92 Å². The Hall–Kier alpha value is -3.23. The van der Waals surface area contributed by atoms with Gasteiger partial charge in [-0.3, -0.25) is 14.5 Å². The van der Waals surface area contributed by atoms with Crippen molar-refractivity contribution in [2.24, 2.45) is 5.92 Å². The highest BCUT2D eigenvalue weighted by atomic mass is 16.5. The van der Waals surface area contributed by atoms with Gasteiger partial charge >= 0.3 is 0 Å². The molecule has 2 amide bonds. The minimum absolute atomic E-state index is 0.123. The maximum atomic E-state index is 12.9. The summed E-state index contributed by atoms with van der Waals surface area (Å²) in [5.41, 5.74) is 1.98. The highest BCUT2D eigenvalue weighted by Crippen LogP contribution is 2.14. The monoisotopic (exact) mass is 509 g/mol. The van der Waals surface area contributed by atoms with Crippen LogP contribution in [-0.2, 0) is 32.0 Å². The fourth-order valence-electron chi connectivity index (χ4n) is 4.18. The Kier molecular flexibility index (Phi) is 11.6. The normalized spacial score (nSPS) is 15.5. The Morgan fingerprint density at radius 1 is 1.00 bits per heavy atom. The molecule has 0 saturated carbocycles. The summed E-state index contributed by atoms with van der Waals surface area (Å²) in [7, 11) is 0. The molecule has 1 saturated heterocycles. The van der Waals surface area contributed by atoms with Crippen LogP contribution in [0.5, 0.6) is 5.75 Å². The van der Waals surface area contributed by atoms with Gasteiger partial charge in [-0.25, -0.2) is 0 Å². The van der Waals surface area contributed by atoms with Gasteiger partial charge in [-0.15, -0.1) is 0 Å². The van der Waals surface area contributed by atoms with Crippen LogP contribution >= 0.6 is 0 Å². The van der Waals surface area contributed by atoms with Crippen molar-refractivity contribution >= 4 is 18.1 Å². The van der Waals surface area contributed by atoms with Crippen LogP contribution in [0.4, 0.5) is 0 Å². The van der Waals surface area contributed by atoms with Gasteiger partial charge in [0.2, 0.25) is 11.8 Å². The van der Waals surface area contributed by atoms with Crippen molar-refractivity contribution in [3.63, 3.8) is 0 Å². The quantitative estimate of drug-likeness (QED) is 0.380. The zero-order chi connectivity index (χ0) is 26.5. The van der Waals surface area contributed by atoms with E-state index >= 15 is 0 Å². The molecule has 1 aliphatic rings. The summed E-state index contributed by atoms with van der Waals surface area (Å²) < 4.78 is 11.2. The number of aldehydes is 1. The van der Waals surface area contributed by atoms with Gasteiger partial charge in [-0.2, -0.15) is 0 Å². The Morgan fingerprint density at radius 2 is 1.70 bits per heavy atom. The van der Waals surface area contributed by atoms with Crippen LogP contribution in [-0.4, -0.2) is 74.5 Å². The lowest BCUT2D eigenvalue weighted by Gasteiger charge is -2.26. The molecule has 37 heavy (non-hydrogen) atoms. The van der Waals surface area contributed by atoms with Crippen LogP contribution in [0.1, 0.15) is 31.4 Å². The first kappa shape index (κ1) is 28.3. The number of hydrogen-bond donors (Lipinski definition) is 2. The first-order valence-corrected chi connectivity index (χ1v) is 13.1. The predicted molar refractivity (Wildman–Crippen MR) is 142 cm³/mol. The molecule has 8 heteroatoms. The van der Waals surface area contributed by atoms with E-state index in [1.54, 1.807) is 0 Å².